The van der Waals surface area contributed by atoms with Gasteiger partial charge in [0, 0.05) is 18.8 Å². The summed E-state index contributed by atoms with van der Waals surface area (Å²) >= 11 is 0. The minimum Gasteiger partial charge on any atom is -0.497 e. The van der Waals surface area contributed by atoms with Crippen LogP contribution in [0.25, 0.3) is 0 Å². The lowest BCUT2D eigenvalue weighted by atomic mass is 10.2. The summed E-state index contributed by atoms with van der Waals surface area (Å²) in [7, 11) is 1.58. The van der Waals surface area contributed by atoms with Crippen molar-refractivity contribution in [1.82, 2.24) is 15.3 Å². The lowest BCUT2D eigenvalue weighted by molar-refractivity contribution is 0.0946. The van der Waals surface area contributed by atoms with Crippen LogP contribution in [-0.2, 0) is 6.54 Å². The summed E-state index contributed by atoms with van der Waals surface area (Å²) in [6, 6.07) is 11.8. The Labute approximate surface area is 154 Å². The highest BCUT2D eigenvalue weighted by atomic mass is 19.1. The van der Waals surface area contributed by atoms with E-state index in [-0.39, 0.29) is 17.3 Å². The number of carbonyl (C=O) groups excluding carboxylic acids is 1. The number of hydrogen-bond acceptors (Lipinski definition) is 5. The molecule has 0 bridgehead atoms. The lowest BCUT2D eigenvalue weighted by Gasteiger charge is -2.08. The summed E-state index contributed by atoms with van der Waals surface area (Å²) in [4.78, 5) is 20.3. The first kappa shape index (κ1) is 18.2. The molecular weight excluding hydrogens is 354 g/mol. The molecule has 2 N–H and O–H groups in total. The molecule has 6 nitrogen and oxygen atoms in total. The predicted molar refractivity (Wildman–Crippen MR) is 95.8 cm³/mol. The third-order valence-corrected chi connectivity index (χ3v) is 3.68. The first-order valence-electron chi connectivity index (χ1n) is 8.01. The number of hydrogen-bond donors (Lipinski definition) is 2. The molecule has 0 saturated carbocycles. The van der Waals surface area contributed by atoms with E-state index in [1.165, 1.54) is 18.3 Å². The Morgan fingerprint density at radius 1 is 1.11 bits per heavy atom. The van der Waals surface area contributed by atoms with Crippen molar-refractivity contribution in [2.24, 2.45) is 0 Å². The van der Waals surface area contributed by atoms with Gasteiger partial charge in [-0.25, -0.2) is 18.7 Å². The van der Waals surface area contributed by atoms with Gasteiger partial charge in [-0.15, -0.1) is 0 Å². The second-order valence-corrected chi connectivity index (χ2v) is 5.55. The van der Waals surface area contributed by atoms with E-state index in [0.29, 0.717) is 6.54 Å². The van der Waals surface area contributed by atoms with E-state index in [4.69, 9.17) is 4.74 Å². The van der Waals surface area contributed by atoms with Crippen molar-refractivity contribution in [2.75, 3.05) is 12.4 Å². The zero-order valence-corrected chi connectivity index (χ0v) is 14.4. The third kappa shape index (κ3) is 4.75. The molecule has 0 aliphatic heterocycles. The molecule has 0 unspecified atom stereocenters. The van der Waals surface area contributed by atoms with Gasteiger partial charge >= 0.3 is 0 Å². The van der Waals surface area contributed by atoms with Crippen molar-refractivity contribution in [3.63, 3.8) is 0 Å². The van der Waals surface area contributed by atoms with E-state index in [1.807, 2.05) is 12.1 Å². The maximum absolute atomic E-state index is 13.7. The fourth-order valence-electron chi connectivity index (χ4n) is 2.27. The maximum Gasteiger partial charge on any atom is 0.270 e. The van der Waals surface area contributed by atoms with Gasteiger partial charge < -0.3 is 15.4 Å². The number of carbonyl (C=O) groups is 1. The molecule has 2 aromatic carbocycles. The van der Waals surface area contributed by atoms with Crippen LogP contribution in [0.4, 0.5) is 20.4 Å². The molecule has 0 aliphatic rings. The fraction of sp³-hybridized carbons (Fsp3) is 0.105. The van der Waals surface area contributed by atoms with Crippen LogP contribution in [0.1, 0.15) is 16.1 Å². The molecule has 0 radical (unpaired) electrons. The molecular formula is C19H16F2N4O2. The molecule has 3 rings (SSSR count). The largest absolute Gasteiger partial charge is 0.497 e. The van der Waals surface area contributed by atoms with Gasteiger partial charge in [0.05, 0.1) is 12.8 Å². The fourth-order valence-corrected chi connectivity index (χ4v) is 2.27. The van der Waals surface area contributed by atoms with Crippen LogP contribution < -0.4 is 15.4 Å². The maximum atomic E-state index is 13.7. The Kier molecular flexibility index (Phi) is 5.55. The zero-order chi connectivity index (χ0) is 19.2. The van der Waals surface area contributed by atoms with E-state index in [0.717, 1.165) is 23.4 Å². The summed E-state index contributed by atoms with van der Waals surface area (Å²) in [5.74, 6) is -1.13. The number of nitrogens with one attached hydrogen (secondary N) is 2. The lowest BCUT2D eigenvalue weighted by Crippen LogP contribution is -2.24. The van der Waals surface area contributed by atoms with E-state index >= 15 is 0 Å². The van der Waals surface area contributed by atoms with E-state index < -0.39 is 17.5 Å². The summed E-state index contributed by atoms with van der Waals surface area (Å²) in [5, 5.41) is 5.36. The Balaban J connectivity index is 1.65. The monoisotopic (exact) mass is 370 g/mol. The number of halogens is 2. The molecule has 0 fully saturated rings. The SMILES string of the molecule is COc1ccc(CNC(=O)c2ccnc(Nc3ccc(F)cc3F)n2)cc1. The van der Waals surface area contributed by atoms with Gasteiger partial charge in [0.1, 0.15) is 23.1 Å². The molecule has 1 heterocycles. The van der Waals surface area contributed by atoms with Gasteiger partial charge in [-0.1, -0.05) is 12.1 Å². The van der Waals surface area contributed by atoms with Gasteiger partial charge in [-0.2, -0.15) is 0 Å². The molecule has 138 valence electrons. The van der Waals surface area contributed by atoms with Crippen LogP contribution in [0.15, 0.2) is 54.7 Å². The van der Waals surface area contributed by atoms with Gasteiger partial charge in [0.2, 0.25) is 5.95 Å². The van der Waals surface area contributed by atoms with Crippen molar-refractivity contribution >= 4 is 17.5 Å². The van der Waals surface area contributed by atoms with Gasteiger partial charge in [-0.3, -0.25) is 4.79 Å². The molecule has 0 atom stereocenters. The topological polar surface area (TPSA) is 76.1 Å². The Hall–Kier alpha value is -3.55. The van der Waals surface area contributed by atoms with Crippen molar-refractivity contribution in [3.8, 4) is 5.75 Å². The molecule has 27 heavy (non-hydrogen) atoms. The van der Waals surface area contributed by atoms with E-state index in [9.17, 15) is 13.6 Å². The van der Waals surface area contributed by atoms with Crippen molar-refractivity contribution in [1.29, 1.82) is 0 Å². The minimum atomic E-state index is -0.784. The number of aromatic nitrogens is 2. The van der Waals surface area contributed by atoms with Crippen molar-refractivity contribution in [2.45, 2.75) is 6.54 Å². The number of amides is 1. The number of methoxy groups -OCH3 is 1. The molecule has 0 aliphatic carbocycles. The van der Waals surface area contributed by atoms with Crippen LogP contribution in [0.3, 0.4) is 0 Å². The molecule has 0 saturated heterocycles. The van der Waals surface area contributed by atoms with Crippen LogP contribution in [0.2, 0.25) is 0 Å². The van der Waals surface area contributed by atoms with Gasteiger partial charge in [0.15, 0.2) is 0 Å². The van der Waals surface area contributed by atoms with Gasteiger partial charge in [-0.05, 0) is 35.9 Å². The quantitative estimate of drug-likeness (QED) is 0.695. The molecule has 0 spiro atoms. The second kappa shape index (κ2) is 8.22. The summed E-state index contributed by atoms with van der Waals surface area (Å²) < 4.78 is 31.8. The standard InChI is InChI=1S/C19H16F2N4O2/c1-27-14-5-2-12(3-6-14)11-23-18(26)17-8-9-22-19(25-17)24-16-7-4-13(20)10-15(16)21/h2-10H,11H2,1H3,(H,23,26)(H,22,24,25). The van der Waals surface area contributed by atoms with Crippen molar-refractivity contribution in [3.05, 3.63) is 77.6 Å². The summed E-state index contributed by atoms with van der Waals surface area (Å²) in [6.07, 6.45) is 1.37. The highest BCUT2D eigenvalue weighted by Gasteiger charge is 2.10. The van der Waals surface area contributed by atoms with Gasteiger partial charge in [0.25, 0.3) is 5.91 Å². The number of nitrogens with zero attached hydrogens (tertiary/aromatic N) is 2. The first-order chi connectivity index (χ1) is 13.0. The normalized spacial score (nSPS) is 10.3. The van der Waals surface area contributed by atoms with Crippen molar-refractivity contribution < 1.29 is 18.3 Å². The molecule has 1 aromatic heterocycles. The second-order valence-electron chi connectivity index (χ2n) is 5.55. The molecule has 1 amide bonds. The van der Waals surface area contributed by atoms with Crippen LogP contribution in [0.5, 0.6) is 5.75 Å². The zero-order valence-electron chi connectivity index (χ0n) is 14.4. The first-order valence-corrected chi connectivity index (χ1v) is 8.01. The summed E-state index contributed by atoms with van der Waals surface area (Å²) in [6.45, 7) is 0.308. The number of benzene rings is 2. The smallest absolute Gasteiger partial charge is 0.270 e. The van der Waals surface area contributed by atoms with E-state index in [1.54, 1.807) is 19.2 Å². The average molecular weight is 370 g/mol. The van der Waals surface area contributed by atoms with Crippen LogP contribution >= 0.6 is 0 Å². The third-order valence-electron chi connectivity index (χ3n) is 3.68. The Bertz CT molecular complexity index is 949. The Morgan fingerprint density at radius 3 is 2.59 bits per heavy atom. The highest BCUT2D eigenvalue weighted by Crippen LogP contribution is 2.18. The van der Waals surface area contributed by atoms with Crippen LogP contribution in [-0.4, -0.2) is 23.0 Å². The highest BCUT2D eigenvalue weighted by molar-refractivity contribution is 5.92. The average Bonchev–Trinajstić information content (AvgIpc) is 2.69. The number of anilines is 2. The van der Waals surface area contributed by atoms with Crippen LogP contribution in [0, 0.1) is 11.6 Å². The predicted octanol–water partition coefficient (Wildman–Crippen LogP) is 3.44. The van der Waals surface area contributed by atoms with E-state index in [2.05, 4.69) is 20.6 Å². The Morgan fingerprint density at radius 2 is 1.89 bits per heavy atom. The molecule has 8 heteroatoms. The number of ether oxygens (including phenoxy) is 1. The number of rotatable bonds is 6. The summed E-state index contributed by atoms with van der Waals surface area (Å²) in [5.41, 5.74) is 1.01. The minimum absolute atomic E-state index is 0.00666. The molecule has 3 aromatic rings.